The summed E-state index contributed by atoms with van der Waals surface area (Å²) in [5, 5.41) is 11.3. The Hall–Kier alpha value is -0.540. The molecular formula is C13H12Cl2OS. The van der Waals surface area contributed by atoms with Crippen LogP contribution in [0.5, 0.6) is 0 Å². The maximum absolute atomic E-state index is 10.2. The molecule has 1 aromatic heterocycles. The Labute approximate surface area is 115 Å². The molecule has 1 unspecified atom stereocenters. The highest BCUT2D eigenvalue weighted by Gasteiger charge is 2.14. The topological polar surface area (TPSA) is 20.2 Å². The molecule has 1 aromatic carbocycles. The smallest absolute Gasteiger partial charge is 0.113 e. The summed E-state index contributed by atoms with van der Waals surface area (Å²) in [4.78, 5) is 2.17. The van der Waals surface area contributed by atoms with Crippen molar-refractivity contribution in [3.05, 3.63) is 55.7 Å². The van der Waals surface area contributed by atoms with Gasteiger partial charge in [0, 0.05) is 19.8 Å². The lowest BCUT2D eigenvalue weighted by atomic mass is 10.1. The van der Waals surface area contributed by atoms with Gasteiger partial charge in [0.1, 0.15) is 6.10 Å². The van der Waals surface area contributed by atoms with E-state index in [0.29, 0.717) is 10.0 Å². The summed E-state index contributed by atoms with van der Waals surface area (Å²) >= 11 is 13.5. The third-order valence-electron chi connectivity index (χ3n) is 2.50. The van der Waals surface area contributed by atoms with E-state index in [1.807, 2.05) is 12.1 Å². The molecule has 0 spiro atoms. The zero-order valence-electron chi connectivity index (χ0n) is 9.28. The van der Waals surface area contributed by atoms with Gasteiger partial charge in [-0.25, -0.2) is 0 Å². The monoisotopic (exact) mass is 286 g/mol. The van der Waals surface area contributed by atoms with Gasteiger partial charge in [0.05, 0.1) is 0 Å². The molecule has 0 aliphatic carbocycles. The molecule has 17 heavy (non-hydrogen) atoms. The Bertz CT molecular complexity index is 502. The Kier molecular flexibility index (Phi) is 4.10. The van der Waals surface area contributed by atoms with E-state index in [9.17, 15) is 5.11 Å². The van der Waals surface area contributed by atoms with Crippen LogP contribution >= 0.6 is 34.5 Å². The highest BCUT2D eigenvalue weighted by atomic mass is 35.5. The summed E-state index contributed by atoms with van der Waals surface area (Å²) in [5.74, 6) is 0. The van der Waals surface area contributed by atoms with Gasteiger partial charge in [0.25, 0.3) is 0 Å². The fourth-order valence-corrected chi connectivity index (χ4v) is 3.14. The summed E-state index contributed by atoms with van der Waals surface area (Å²) in [7, 11) is 0. The van der Waals surface area contributed by atoms with Gasteiger partial charge in [-0.3, -0.25) is 0 Å². The molecule has 1 atom stereocenters. The van der Waals surface area contributed by atoms with Crippen molar-refractivity contribution in [1.29, 1.82) is 0 Å². The van der Waals surface area contributed by atoms with Crippen molar-refractivity contribution < 1.29 is 5.11 Å². The van der Waals surface area contributed by atoms with Crippen molar-refractivity contribution in [2.45, 2.75) is 19.4 Å². The van der Waals surface area contributed by atoms with Crippen LogP contribution in [-0.4, -0.2) is 5.11 Å². The number of halogens is 2. The van der Waals surface area contributed by atoms with Gasteiger partial charge in [0.2, 0.25) is 0 Å². The van der Waals surface area contributed by atoms with Gasteiger partial charge >= 0.3 is 0 Å². The molecular weight excluding hydrogens is 275 g/mol. The molecule has 1 nitrogen and oxygen atoms in total. The molecule has 0 bridgehead atoms. The van der Waals surface area contributed by atoms with Gasteiger partial charge in [-0.1, -0.05) is 30.1 Å². The van der Waals surface area contributed by atoms with E-state index in [1.54, 1.807) is 29.5 Å². The molecule has 0 aliphatic rings. The first-order valence-electron chi connectivity index (χ1n) is 5.33. The van der Waals surface area contributed by atoms with Gasteiger partial charge < -0.3 is 5.11 Å². The molecule has 0 radical (unpaired) electrons. The number of rotatable bonds is 3. The Morgan fingerprint density at radius 1 is 1.18 bits per heavy atom. The largest absolute Gasteiger partial charge is 0.383 e. The average molecular weight is 287 g/mol. The van der Waals surface area contributed by atoms with Gasteiger partial charge in [-0.05, 0) is 42.3 Å². The number of hydrogen-bond donors (Lipinski definition) is 1. The predicted molar refractivity (Wildman–Crippen MR) is 74.2 cm³/mol. The second kappa shape index (κ2) is 5.40. The lowest BCUT2D eigenvalue weighted by Gasteiger charge is -2.09. The number of benzene rings is 1. The molecule has 1 N–H and O–H groups in total. The summed E-state index contributed by atoms with van der Waals surface area (Å²) in [5.41, 5.74) is 0.729. The van der Waals surface area contributed by atoms with Crippen molar-refractivity contribution in [2.24, 2.45) is 0 Å². The van der Waals surface area contributed by atoms with Crippen LogP contribution in [0.1, 0.15) is 28.3 Å². The SMILES string of the molecule is CCc1ccc(C(O)c2cc(Cl)cc(Cl)c2)s1. The lowest BCUT2D eigenvalue weighted by Crippen LogP contribution is -1.96. The summed E-state index contributed by atoms with van der Waals surface area (Å²) in [6, 6.07) is 9.12. The second-order valence-corrected chi connectivity index (χ2v) is 5.84. The zero-order valence-corrected chi connectivity index (χ0v) is 11.6. The van der Waals surface area contributed by atoms with Crippen molar-refractivity contribution in [3.63, 3.8) is 0 Å². The normalized spacial score (nSPS) is 12.7. The quantitative estimate of drug-likeness (QED) is 0.867. The first-order valence-corrected chi connectivity index (χ1v) is 6.90. The van der Waals surface area contributed by atoms with Crippen molar-refractivity contribution >= 4 is 34.5 Å². The van der Waals surface area contributed by atoms with Crippen LogP contribution in [-0.2, 0) is 6.42 Å². The number of aliphatic hydroxyl groups is 1. The third kappa shape index (κ3) is 3.02. The van der Waals surface area contributed by atoms with Crippen molar-refractivity contribution in [3.8, 4) is 0 Å². The van der Waals surface area contributed by atoms with Crippen molar-refractivity contribution in [2.75, 3.05) is 0 Å². The summed E-state index contributed by atoms with van der Waals surface area (Å²) < 4.78 is 0. The molecule has 0 saturated carbocycles. The average Bonchev–Trinajstić information content (AvgIpc) is 2.75. The third-order valence-corrected chi connectivity index (χ3v) is 4.22. The molecule has 90 valence electrons. The Morgan fingerprint density at radius 2 is 1.82 bits per heavy atom. The number of thiophene rings is 1. The minimum Gasteiger partial charge on any atom is -0.383 e. The van der Waals surface area contributed by atoms with E-state index in [4.69, 9.17) is 23.2 Å². The molecule has 4 heteroatoms. The van der Waals surface area contributed by atoms with Crippen LogP contribution in [0, 0.1) is 0 Å². The first kappa shape index (κ1) is 12.9. The molecule has 0 saturated heterocycles. The molecule has 0 fully saturated rings. The van der Waals surface area contributed by atoms with Gasteiger partial charge in [-0.2, -0.15) is 0 Å². The van der Waals surface area contributed by atoms with Gasteiger partial charge in [0.15, 0.2) is 0 Å². The van der Waals surface area contributed by atoms with Crippen LogP contribution < -0.4 is 0 Å². The van der Waals surface area contributed by atoms with Crippen LogP contribution in [0.25, 0.3) is 0 Å². The maximum atomic E-state index is 10.2. The van der Waals surface area contributed by atoms with Crippen LogP contribution in [0.2, 0.25) is 10.0 Å². The van der Waals surface area contributed by atoms with E-state index in [-0.39, 0.29) is 0 Å². The fraction of sp³-hybridized carbons (Fsp3) is 0.231. The predicted octanol–water partition coefficient (Wildman–Crippen LogP) is 4.70. The van der Waals surface area contributed by atoms with E-state index >= 15 is 0 Å². The zero-order chi connectivity index (χ0) is 12.4. The molecule has 2 aromatic rings. The number of hydrogen-bond acceptors (Lipinski definition) is 2. The molecule has 0 aliphatic heterocycles. The molecule has 1 heterocycles. The van der Waals surface area contributed by atoms with E-state index < -0.39 is 6.10 Å². The molecule has 2 rings (SSSR count). The second-order valence-electron chi connectivity index (χ2n) is 3.76. The maximum Gasteiger partial charge on any atom is 0.113 e. The van der Waals surface area contributed by atoms with Crippen LogP contribution in [0.3, 0.4) is 0 Å². The highest BCUT2D eigenvalue weighted by molar-refractivity contribution is 7.12. The standard InChI is InChI=1S/C13H12Cl2OS/c1-2-11-3-4-12(17-11)13(16)8-5-9(14)7-10(15)6-8/h3-7,13,16H,2H2,1H3. The van der Waals surface area contributed by atoms with Gasteiger partial charge in [-0.15, -0.1) is 11.3 Å². The van der Waals surface area contributed by atoms with E-state index in [2.05, 4.69) is 6.92 Å². The minimum absolute atomic E-state index is 0.541. The minimum atomic E-state index is -0.656. The van der Waals surface area contributed by atoms with E-state index in [1.165, 1.54) is 4.88 Å². The first-order chi connectivity index (χ1) is 8.10. The Morgan fingerprint density at radius 3 is 2.35 bits per heavy atom. The highest BCUT2D eigenvalue weighted by Crippen LogP contribution is 2.31. The molecule has 0 amide bonds. The fourth-order valence-electron chi connectivity index (χ4n) is 1.63. The summed E-state index contributed by atoms with van der Waals surface area (Å²) in [6.07, 6.45) is 0.324. The van der Waals surface area contributed by atoms with Crippen molar-refractivity contribution in [1.82, 2.24) is 0 Å². The number of aryl methyl sites for hydroxylation is 1. The Balaban J connectivity index is 2.32. The van der Waals surface area contributed by atoms with E-state index in [0.717, 1.165) is 16.9 Å². The van der Waals surface area contributed by atoms with Crippen LogP contribution in [0.4, 0.5) is 0 Å². The number of aliphatic hydroxyl groups excluding tert-OH is 1. The van der Waals surface area contributed by atoms with Crippen LogP contribution in [0.15, 0.2) is 30.3 Å². The lowest BCUT2D eigenvalue weighted by molar-refractivity contribution is 0.224. The summed E-state index contributed by atoms with van der Waals surface area (Å²) in [6.45, 7) is 2.10.